The lowest BCUT2D eigenvalue weighted by molar-refractivity contribution is -0.135. The van der Waals surface area contributed by atoms with Crippen molar-refractivity contribution < 1.29 is 18.7 Å². The van der Waals surface area contributed by atoms with Gasteiger partial charge in [0.2, 0.25) is 0 Å². The van der Waals surface area contributed by atoms with Crippen LogP contribution >= 0.6 is 23.4 Å². The molecule has 0 radical (unpaired) electrons. The van der Waals surface area contributed by atoms with Crippen molar-refractivity contribution in [2.24, 2.45) is 10.2 Å². The number of ether oxygens (including phenoxy) is 1. The first-order valence-corrected chi connectivity index (χ1v) is 7.45. The Bertz CT molecular complexity index is 762. The average molecular weight is 356 g/mol. The van der Waals surface area contributed by atoms with E-state index < -0.39 is 17.7 Å². The van der Waals surface area contributed by atoms with Crippen molar-refractivity contribution in [3.8, 4) is 0 Å². The van der Waals surface area contributed by atoms with Gasteiger partial charge in [0, 0.05) is 16.7 Å². The van der Waals surface area contributed by atoms with Crippen molar-refractivity contribution in [2.75, 3.05) is 7.11 Å². The molecule has 0 unspecified atom stereocenters. The average Bonchev–Trinajstić information content (AvgIpc) is 2.84. The van der Waals surface area contributed by atoms with E-state index in [1.54, 1.807) is 6.92 Å². The van der Waals surface area contributed by atoms with Crippen LogP contribution in [-0.4, -0.2) is 30.4 Å². The Morgan fingerprint density at radius 1 is 1.48 bits per heavy atom. The lowest BCUT2D eigenvalue weighted by Crippen LogP contribution is -2.19. The van der Waals surface area contributed by atoms with E-state index in [4.69, 9.17) is 11.6 Å². The molecule has 1 aliphatic rings. The zero-order valence-electron chi connectivity index (χ0n) is 12.1. The Morgan fingerprint density at radius 2 is 2.22 bits per heavy atom. The van der Waals surface area contributed by atoms with E-state index in [1.807, 2.05) is 0 Å². The molecule has 120 valence electrons. The van der Waals surface area contributed by atoms with E-state index in [-0.39, 0.29) is 15.6 Å². The summed E-state index contributed by atoms with van der Waals surface area (Å²) in [5.41, 5.74) is 0.786. The Balaban J connectivity index is 2.13. The molecule has 0 aliphatic carbocycles. The molecule has 1 amide bonds. The summed E-state index contributed by atoms with van der Waals surface area (Å²) in [5, 5.41) is 10.5. The third-order valence-corrected chi connectivity index (χ3v) is 4.03. The van der Waals surface area contributed by atoms with Gasteiger partial charge in [-0.3, -0.25) is 10.1 Å². The maximum absolute atomic E-state index is 13.7. The summed E-state index contributed by atoms with van der Waals surface area (Å²) in [6.45, 7) is 1.69. The molecular formula is C14H11ClFN3O3S. The summed E-state index contributed by atoms with van der Waals surface area (Å²) >= 11 is 6.84. The van der Waals surface area contributed by atoms with Gasteiger partial charge in [-0.1, -0.05) is 11.6 Å². The van der Waals surface area contributed by atoms with Gasteiger partial charge in [-0.15, -0.1) is 5.10 Å². The molecule has 1 aliphatic heterocycles. The number of carbonyl (C=O) groups is 2. The summed E-state index contributed by atoms with van der Waals surface area (Å²) in [6.07, 6.45) is 2.23. The monoisotopic (exact) mass is 355 g/mol. The number of amidine groups is 1. The normalized spacial score (nSPS) is 18.0. The number of benzene rings is 1. The number of methoxy groups -OCH3 is 1. The molecule has 1 N–H and O–H groups in total. The number of aryl methyl sites for hydroxylation is 1. The molecule has 0 atom stereocenters. The zero-order chi connectivity index (χ0) is 17.0. The van der Waals surface area contributed by atoms with Crippen molar-refractivity contribution in [1.29, 1.82) is 0 Å². The first-order chi connectivity index (χ1) is 10.9. The molecule has 1 aromatic carbocycles. The molecule has 0 aromatic heterocycles. The first kappa shape index (κ1) is 17.2. The molecule has 6 nitrogen and oxygen atoms in total. The van der Waals surface area contributed by atoms with Crippen molar-refractivity contribution in [2.45, 2.75) is 6.92 Å². The van der Waals surface area contributed by atoms with E-state index in [1.165, 1.54) is 25.5 Å². The van der Waals surface area contributed by atoms with Crippen molar-refractivity contribution in [3.05, 3.63) is 45.1 Å². The summed E-state index contributed by atoms with van der Waals surface area (Å²) in [6, 6.07) is 2.72. The summed E-state index contributed by atoms with van der Waals surface area (Å²) < 4.78 is 18.1. The molecule has 1 saturated heterocycles. The lowest BCUT2D eigenvalue weighted by atomic mass is 10.1. The number of carbonyl (C=O) groups excluding carboxylic acids is 2. The molecule has 2 rings (SSSR count). The number of halogens is 2. The number of nitrogens with zero attached hydrogens (tertiary/aromatic N) is 2. The van der Waals surface area contributed by atoms with Crippen LogP contribution in [0.4, 0.5) is 4.39 Å². The second kappa shape index (κ2) is 7.38. The highest BCUT2D eigenvalue weighted by atomic mass is 35.5. The van der Waals surface area contributed by atoms with Gasteiger partial charge in [-0.05, 0) is 36.4 Å². The Kier molecular flexibility index (Phi) is 5.51. The fraction of sp³-hybridized carbons (Fsp3) is 0.143. The van der Waals surface area contributed by atoms with Gasteiger partial charge in [0.15, 0.2) is 5.17 Å². The maximum atomic E-state index is 13.7. The van der Waals surface area contributed by atoms with Gasteiger partial charge in [-0.25, -0.2) is 9.18 Å². The second-order valence-corrected chi connectivity index (χ2v) is 5.80. The summed E-state index contributed by atoms with van der Waals surface area (Å²) in [5.74, 6) is -1.62. The number of thioether (sulfide) groups is 1. The van der Waals surface area contributed by atoms with Gasteiger partial charge >= 0.3 is 5.97 Å². The van der Waals surface area contributed by atoms with Crippen LogP contribution < -0.4 is 5.32 Å². The van der Waals surface area contributed by atoms with E-state index in [2.05, 4.69) is 20.3 Å². The Hall–Kier alpha value is -2.19. The first-order valence-electron chi connectivity index (χ1n) is 6.26. The van der Waals surface area contributed by atoms with Crippen molar-refractivity contribution in [1.82, 2.24) is 5.32 Å². The maximum Gasteiger partial charge on any atom is 0.331 e. The van der Waals surface area contributed by atoms with Crippen LogP contribution in [0.2, 0.25) is 5.02 Å². The van der Waals surface area contributed by atoms with Crippen LogP contribution in [0, 0.1) is 12.7 Å². The smallest absolute Gasteiger partial charge is 0.331 e. The van der Waals surface area contributed by atoms with Crippen molar-refractivity contribution >= 4 is 46.6 Å². The molecule has 23 heavy (non-hydrogen) atoms. The molecule has 0 bridgehead atoms. The largest absolute Gasteiger partial charge is 0.466 e. The van der Waals surface area contributed by atoms with E-state index in [0.717, 1.165) is 17.8 Å². The zero-order valence-corrected chi connectivity index (χ0v) is 13.7. The number of amides is 1. The minimum Gasteiger partial charge on any atom is -0.466 e. The summed E-state index contributed by atoms with van der Waals surface area (Å²) in [4.78, 5) is 22.8. The van der Waals surface area contributed by atoms with Gasteiger partial charge in [0.05, 0.1) is 18.2 Å². The topological polar surface area (TPSA) is 80.1 Å². The van der Waals surface area contributed by atoms with Crippen molar-refractivity contribution in [3.63, 3.8) is 0 Å². The van der Waals surface area contributed by atoms with Gasteiger partial charge in [0.1, 0.15) is 5.82 Å². The van der Waals surface area contributed by atoms with Crippen LogP contribution in [0.15, 0.2) is 33.3 Å². The highest BCUT2D eigenvalue weighted by molar-refractivity contribution is 8.18. The number of rotatable bonds is 3. The summed E-state index contributed by atoms with van der Waals surface area (Å²) in [7, 11) is 1.21. The van der Waals surface area contributed by atoms with E-state index in [9.17, 15) is 14.0 Å². The van der Waals surface area contributed by atoms with Crippen LogP contribution in [0.25, 0.3) is 0 Å². The van der Waals surface area contributed by atoms with Crippen LogP contribution in [-0.2, 0) is 14.3 Å². The Morgan fingerprint density at radius 3 is 2.91 bits per heavy atom. The quantitative estimate of drug-likeness (QED) is 0.391. The number of esters is 1. The van der Waals surface area contributed by atoms with E-state index in [0.29, 0.717) is 10.6 Å². The molecular weight excluding hydrogens is 345 g/mol. The van der Waals surface area contributed by atoms with Gasteiger partial charge in [0.25, 0.3) is 5.91 Å². The lowest BCUT2D eigenvalue weighted by Gasteiger charge is -2.00. The SMILES string of the molecule is COC(=O)/C=C1/S/C(=N\N=Cc2cc(Cl)c(C)cc2F)NC1=O. The Labute approximate surface area is 140 Å². The number of nitrogens with one attached hydrogen (secondary N) is 1. The minimum absolute atomic E-state index is 0.135. The third kappa shape index (κ3) is 4.40. The fourth-order valence-electron chi connectivity index (χ4n) is 1.55. The molecule has 0 saturated carbocycles. The number of hydrogen-bond donors (Lipinski definition) is 1. The highest BCUT2D eigenvalue weighted by Gasteiger charge is 2.24. The fourth-order valence-corrected chi connectivity index (χ4v) is 2.46. The predicted molar refractivity (Wildman–Crippen MR) is 87.0 cm³/mol. The minimum atomic E-state index is -0.649. The van der Waals surface area contributed by atoms with Crippen LogP contribution in [0.5, 0.6) is 0 Å². The van der Waals surface area contributed by atoms with E-state index >= 15 is 0 Å². The standard InChI is InChI=1S/C14H11ClFN3O3S/c1-7-3-10(16)8(4-9(7)15)6-17-19-14-18-13(21)11(23-14)5-12(20)22-2/h3-6H,1-2H3,(H,18,19,21)/b11-5+,17-6?. The number of hydrogen-bond acceptors (Lipinski definition) is 6. The van der Waals surface area contributed by atoms with Crippen LogP contribution in [0.3, 0.4) is 0 Å². The van der Waals surface area contributed by atoms with Gasteiger partial charge in [-0.2, -0.15) is 5.10 Å². The molecule has 9 heteroatoms. The second-order valence-electron chi connectivity index (χ2n) is 4.36. The molecule has 0 spiro atoms. The molecule has 1 aromatic rings. The predicted octanol–water partition coefficient (Wildman–Crippen LogP) is 2.40. The van der Waals surface area contributed by atoms with Gasteiger partial charge < -0.3 is 4.74 Å². The molecule has 1 fully saturated rings. The van der Waals surface area contributed by atoms with Crippen LogP contribution in [0.1, 0.15) is 11.1 Å². The molecule has 1 heterocycles. The highest BCUT2D eigenvalue weighted by Crippen LogP contribution is 2.23. The third-order valence-electron chi connectivity index (χ3n) is 2.72.